The van der Waals surface area contributed by atoms with Crippen LogP contribution in [-0.4, -0.2) is 39.7 Å². The van der Waals surface area contributed by atoms with Crippen LogP contribution >= 0.6 is 23.1 Å². The van der Waals surface area contributed by atoms with Crippen molar-refractivity contribution in [3.8, 4) is 0 Å². The maximum absolute atomic E-state index is 12.7. The van der Waals surface area contributed by atoms with Gasteiger partial charge in [-0.05, 0) is 62.6 Å². The van der Waals surface area contributed by atoms with Crippen LogP contribution in [0, 0.1) is 0 Å². The van der Waals surface area contributed by atoms with Gasteiger partial charge in [0.15, 0.2) is 5.82 Å². The van der Waals surface area contributed by atoms with E-state index in [1.54, 1.807) is 17.5 Å². The Kier molecular flexibility index (Phi) is 6.45. The SMILES string of the molecule is O=C(CSCc1nc2sc3c(c2c(=O)[nH]1)CCCC3)Nc1cccnc1N1CCCCC1. The smallest absolute Gasteiger partial charge is 0.259 e. The minimum Gasteiger partial charge on any atom is -0.355 e. The third kappa shape index (κ3) is 4.54. The van der Waals surface area contributed by atoms with E-state index < -0.39 is 0 Å². The molecule has 2 N–H and O–H groups in total. The van der Waals surface area contributed by atoms with Gasteiger partial charge in [0.2, 0.25) is 5.91 Å². The molecule has 4 heterocycles. The topological polar surface area (TPSA) is 91.0 Å². The first-order valence-corrected chi connectivity index (χ1v) is 13.3. The number of thioether (sulfide) groups is 1. The van der Waals surface area contributed by atoms with Crippen molar-refractivity contribution in [3.63, 3.8) is 0 Å². The Morgan fingerprint density at radius 3 is 2.91 bits per heavy atom. The summed E-state index contributed by atoms with van der Waals surface area (Å²) in [7, 11) is 0. The van der Waals surface area contributed by atoms with Crippen LogP contribution in [0.15, 0.2) is 23.1 Å². The number of H-pyrrole nitrogens is 1. The third-order valence-electron chi connectivity index (χ3n) is 6.06. The van der Waals surface area contributed by atoms with Crippen molar-refractivity contribution < 1.29 is 4.79 Å². The van der Waals surface area contributed by atoms with E-state index in [1.807, 2.05) is 12.1 Å². The minimum absolute atomic E-state index is 0.0454. The van der Waals surface area contributed by atoms with Crippen LogP contribution in [0.25, 0.3) is 10.2 Å². The molecule has 0 radical (unpaired) electrons. The average molecular weight is 470 g/mol. The molecule has 32 heavy (non-hydrogen) atoms. The van der Waals surface area contributed by atoms with E-state index in [0.717, 1.165) is 66.9 Å². The van der Waals surface area contributed by atoms with E-state index in [0.29, 0.717) is 11.6 Å². The molecule has 1 fully saturated rings. The lowest BCUT2D eigenvalue weighted by molar-refractivity contribution is -0.113. The average Bonchev–Trinajstić information content (AvgIpc) is 3.19. The standard InChI is InChI=1S/C23H27N5O2S2/c29-19(25-16-8-6-10-24-21(16)28-11-4-1-5-12-28)14-31-13-18-26-22(30)20-15-7-2-3-9-17(15)32-23(20)27-18/h6,8,10H,1-5,7,9,11-14H2,(H,25,29)(H,26,27,30). The molecule has 3 aromatic rings. The lowest BCUT2D eigenvalue weighted by Crippen LogP contribution is -2.31. The number of nitrogens with one attached hydrogen (secondary N) is 2. The number of anilines is 2. The number of aromatic amines is 1. The zero-order valence-electron chi connectivity index (χ0n) is 18.0. The van der Waals surface area contributed by atoms with Crippen LogP contribution in [0.2, 0.25) is 0 Å². The summed E-state index contributed by atoms with van der Waals surface area (Å²) < 4.78 is 0. The monoisotopic (exact) mass is 469 g/mol. The second kappa shape index (κ2) is 9.62. The van der Waals surface area contributed by atoms with Gasteiger partial charge in [-0.15, -0.1) is 23.1 Å². The summed E-state index contributed by atoms with van der Waals surface area (Å²) in [4.78, 5) is 41.8. The largest absolute Gasteiger partial charge is 0.355 e. The Bertz CT molecular complexity index is 1180. The first kappa shape index (κ1) is 21.5. The van der Waals surface area contributed by atoms with Gasteiger partial charge in [0.05, 0.1) is 22.6 Å². The molecule has 1 amide bonds. The van der Waals surface area contributed by atoms with E-state index in [9.17, 15) is 9.59 Å². The van der Waals surface area contributed by atoms with Gasteiger partial charge in [-0.1, -0.05) is 0 Å². The number of thiophene rings is 1. The lowest BCUT2D eigenvalue weighted by atomic mass is 9.97. The number of fused-ring (bicyclic) bond motifs is 3. The highest BCUT2D eigenvalue weighted by Crippen LogP contribution is 2.33. The maximum atomic E-state index is 12.7. The van der Waals surface area contributed by atoms with Crippen molar-refractivity contribution in [2.45, 2.75) is 50.7 Å². The number of pyridine rings is 1. The van der Waals surface area contributed by atoms with Crippen molar-refractivity contribution in [1.29, 1.82) is 0 Å². The van der Waals surface area contributed by atoms with Gasteiger partial charge in [-0.3, -0.25) is 9.59 Å². The second-order valence-electron chi connectivity index (χ2n) is 8.37. The normalized spacial score (nSPS) is 16.2. The molecule has 0 unspecified atom stereocenters. The Morgan fingerprint density at radius 2 is 2.03 bits per heavy atom. The molecule has 1 aliphatic carbocycles. The summed E-state index contributed by atoms with van der Waals surface area (Å²) >= 11 is 3.11. The quantitative estimate of drug-likeness (QED) is 0.564. The molecule has 9 heteroatoms. The number of carbonyl (C=O) groups excluding carboxylic acids is 1. The van der Waals surface area contributed by atoms with Gasteiger partial charge < -0.3 is 15.2 Å². The molecule has 168 valence electrons. The highest BCUT2D eigenvalue weighted by Gasteiger charge is 2.20. The van der Waals surface area contributed by atoms with E-state index >= 15 is 0 Å². The first-order chi connectivity index (χ1) is 15.7. The summed E-state index contributed by atoms with van der Waals surface area (Å²) in [6.07, 6.45) is 9.68. The lowest BCUT2D eigenvalue weighted by Gasteiger charge is -2.29. The van der Waals surface area contributed by atoms with Gasteiger partial charge in [-0.25, -0.2) is 9.97 Å². The van der Waals surface area contributed by atoms with Crippen molar-refractivity contribution in [2.24, 2.45) is 0 Å². The van der Waals surface area contributed by atoms with Gasteiger partial charge in [-0.2, -0.15) is 0 Å². The molecule has 3 aromatic heterocycles. The molecule has 2 aliphatic rings. The fourth-order valence-electron chi connectivity index (χ4n) is 4.56. The number of hydrogen-bond donors (Lipinski definition) is 2. The Morgan fingerprint density at radius 1 is 1.19 bits per heavy atom. The van der Waals surface area contributed by atoms with Crippen molar-refractivity contribution in [1.82, 2.24) is 15.0 Å². The highest BCUT2D eigenvalue weighted by molar-refractivity contribution is 7.99. The van der Waals surface area contributed by atoms with Crippen molar-refractivity contribution in [3.05, 3.63) is 44.9 Å². The second-order valence-corrected chi connectivity index (χ2v) is 10.4. The fourth-order valence-corrected chi connectivity index (χ4v) is 6.53. The zero-order valence-corrected chi connectivity index (χ0v) is 19.6. The number of amides is 1. The third-order valence-corrected chi connectivity index (χ3v) is 8.19. The summed E-state index contributed by atoms with van der Waals surface area (Å²) in [6.45, 7) is 1.95. The molecular weight excluding hydrogens is 442 g/mol. The molecule has 0 saturated carbocycles. The number of piperidine rings is 1. The fraction of sp³-hybridized carbons (Fsp3) is 0.478. The molecular formula is C23H27N5O2S2. The highest BCUT2D eigenvalue weighted by atomic mass is 32.2. The number of nitrogens with zero attached hydrogens (tertiary/aromatic N) is 3. The van der Waals surface area contributed by atoms with Crippen LogP contribution in [0.5, 0.6) is 0 Å². The molecule has 0 atom stereocenters. The summed E-state index contributed by atoms with van der Waals surface area (Å²) in [5.41, 5.74) is 1.91. The summed E-state index contributed by atoms with van der Waals surface area (Å²) in [5, 5.41) is 3.79. The van der Waals surface area contributed by atoms with E-state index in [4.69, 9.17) is 4.98 Å². The van der Waals surface area contributed by atoms with Gasteiger partial charge in [0.25, 0.3) is 5.56 Å². The molecule has 0 bridgehead atoms. The predicted molar refractivity (Wildman–Crippen MR) is 132 cm³/mol. The van der Waals surface area contributed by atoms with Crippen LogP contribution in [0.4, 0.5) is 11.5 Å². The number of rotatable bonds is 6. The molecule has 7 nitrogen and oxygen atoms in total. The van der Waals surface area contributed by atoms with Gasteiger partial charge in [0.1, 0.15) is 10.7 Å². The Hall–Kier alpha value is -2.39. The Labute approximate surface area is 195 Å². The van der Waals surface area contributed by atoms with Crippen molar-refractivity contribution in [2.75, 3.05) is 29.1 Å². The maximum Gasteiger partial charge on any atom is 0.259 e. The van der Waals surface area contributed by atoms with Crippen LogP contribution in [0.3, 0.4) is 0 Å². The number of carbonyl (C=O) groups is 1. The Balaban J connectivity index is 1.21. The van der Waals surface area contributed by atoms with Crippen molar-refractivity contribution >= 4 is 50.7 Å². The van der Waals surface area contributed by atoms with E-state index in [1.165, 1.54) is 35.0 Å². The molecule has 1 saturated heterocycles. The number of aryl methyl sites for hydroxylation is 2. The summed E-state index contributed by atoms with van der Waals surface area (Å²) in [5.74, 6) is 2.19. The van der Waals surface area contributed by atoms with E-state index in [2.05, 4.69) is 20.2 Å². The van der Waals surface area contributed by atoms with E-state index in [-0.39, 0.29) is 17.2 Å². The molecule has 0 aromatic carbocycles. The number of aromatic nitrogens is 3. The van der Waals surface area contributed by atoms with Gasteiger partial charge >= 0.3 is 0 Å². The van der Waals surface area contributed by atoms with Crippen LogP contribution in [0.1, 0.15) is 48.4 Å². The summed E-state index contributed by atoms with van der Waals surface area (Å²) in [6, 6.07) is 3.76. The van der Waals surface area contributed by atoms with Crippen LogP contribution in [-0.2, 0) is 23.4 Å². The minimum atomic E-state index is -0.0729. The number of hydrogen-bond acceptors (Lipinski definition) is 7. The zero-order chi connectivity index (χ0) is 21.9. The molecule has 1 aliphatic heterocycles. The predicted octanol–water partition coefficient (Wildman–Crippen LogP) is 4.12. The van der Waals surface area contributed by atoms with Crippen LogP contribution < -0.4 is 15.8 Å². The first-order valence-electron chi connectivity index (χ1n) is 11.3. The molecule has 5 rings (SSSR count). The molecule has 0 spiro atoms. The van der Waals surface area contributed by atoms with Gasteiger partial charge in [0, 0.05) is 24.2 Å².